The lowest BCUT2D eigenvalue weighted by Gasteiger charge is -2.40. The number of benzene rings is 2. The molecule has 1 aromatic heterocycles. The van der Waals surface area contributed by atoms with Gasteiger partial charge in [-0.25, -0.2) is 0 Å². The Bertz CT molecular complexity index is 1280. The van der Waals surface area contributed by atoms with Crippen molar-refractivity contribution in [1.82, 2.24) is 10.2 Å². The molecule has 34 heavy (non-hydrogen) atoms. The normalized spacial score (nSPS) is 20.6. The quantitative estimate of drug-likeness (QED) is 0.398. The summed E-state index contributed by atoms with van der Waals surface area (Å²) in [5, 5.41) is 8.71. The van der Waals surface area contributed by atoms with Gasteiger partial charge in [0.25, 0.3) is 0 Å². The third kappa shape index (κ3) is 4.42. The molecule has 0 atom stereocenters. The molecule has 0 N–H and O–H groups in total. The molecule has 3 aromatic rings. The van der Waals surface area contributed by atoms with E-state index in [1.54, 1.807) is 0 Å². The Morgan fingerprint density at radius 3 is 2.06 bits per heavy atom. The van der Waals surface area contributed by atoms with Crippen molar-refractivity contribution in [1.29, 1.82) is 0 Å². The van der Waals surface area contributed by atoms with Crippen LogP contribution in [0, 0.1) is 0 Å². The number of rotatable bonds is 2. The Morgan fingerprint density at radius 1 is 0.794 bits per heavy atom. The van der Waals surface area contributed by atoms with Crippen LogP contribution in [-0.2, 0) is 10.8 Å². The Balaban J connectivity index is 1.75. The Kier molecular flexibility index (Phi) is 5.97. The van der Waals surface area contributed by atoms with Crippen molar-refractivity contribution in [3.05, 3.63) is 77.4 Å². The van der Waals surface area contributed by atoms with Crippen molar-refractivity contribution in [2.24, 2.45) is 4.99 Å². The summed E-state index contributed by atoms with van der Waals surface area (Å²) in [6, 6.07) is 14.8. The van der Waals surface area contributed by atoms with Crippen LogP contribution in [0.2, 0.25) is 0 Å². The molecular formula is C30H35N3O. The van der Waals surface area contributed by atoms with Crippen molar-refractivity contribution in [2.75, 3.05) is 0 Å². The lowest BCUT2D eigenvalue weighted by Crippen LogP contribution is -2.42. The van der Waals surface area contributed by atoms with Crippen LogP contribution in [0.15, 0.2) is 70.1 Å². The molecule has 1 aliphatic heterocycles. The molecule has 0 saturated carbocycles. The van der Waals surface area contributed by atoms with Gasteiger partial charge < -0.3 is 4.42 Å². The van der Waals surface area contributed by atoms with Crippen LogP contribution < -0.4 is 0 Å². The maximum Gasteiger partial charge on any atom is 0.248 e. The summed E-state index contributed by atoms with van der Waals surface area (Å²) in [6.07, 6.45) is 8.05. The highest BCUT2D eigenvalue weighted by atomic mass is 16.4. The zero-order chi connectivity index (χ0) is 24.7. The first kappa shape index (κ1) is 23.9. The zero-order valence-corrected chi connectivity index (χ0v) is 21.6. The van der Waals surface area contributed by atoms with Crippen molar-refractivity contribution in [2.45, 2.75) is 71.8 Å². The van der Waals surface area contributed by atoms with Crippen molar-refractivity contribution >= 4 is 11.8 Å². The van der Waals surface area contributed by atoms with Gasteiger partial charge in [0.05, 0.1) is 5.54 Å². The number of nitrogens with zero attached hydrogens (tertiary/aromatic N) is 3. The van der Waals surface area contributed by atoms with Gasteiger partial charge in [-0.3, -0.25) is 4.99 Å². The summed E-state index contributed by atoms with van der Waals surface area (Å²) in [6.45, 7) is 17.6. The summed E-state index contributed by atoms with van der Waals surface area (Å²) in [4.78, 5) is 4.85. The zero-order valence-electron chi connectivity index (χ0n) is 21.6. The highest BCUT2D eigenvalue weighted by molar-refractivity contribution is 5.77. The van der Waals surface area contributed by atoms with Crippen LogP contribution in [-0.4, -0.2) is 22.0 Å². The molecule has 176 valence electrons. The van der Waals surface area contributed by atoms with Crippen LogP contribution in [0.1, 0.15) is 72.1 Å². The highest BCUT2D eigenvalue weighted by Crippen LogP contribution is 2.42. The second kappa shape index (κ2) is 8.50. The van der Waals surface area contributed by atoms with Gasteiger partial charge in [0, 0.05) is 22.8 Å². The van der Waals surface area contributed by atoms with Crippen LogP contribution >= 0.6 is 0 Å². The van der Waals surface area contributed by atoms with Gasteiger partial charge in [-0.15, -0.1) is 10.2 Å². The molecule has 0 radical (unpaired) electrons. The third-order valence-electron chi connectivity index (χ3n) is 7.26. The van der Waals surface area contributed by atoms with Gasteiger partial charge >= 0.3 is 0 Å². The summed E-state index contributed by atoms with van der Waals surface area (Å²) in [5.41, 5.74) is 6.36. The number of allylic oxidation sites excluding steroid dienone is 4. The van der Waals surface area contributed by atoms with E-state index in [4.69, 9.17) is 9.41 Å². The van der Waals surface area contributed by atoms with Crippen molar-refractivity contribution < 1.29 is 4.42 Å². The predicted octanol–water partition coefficient (Wildman–Crippen LogP) is 7.80. The van der Waals surface area contributed by atoms with E-state index in [0.717, 1.165) is 11.1 Å². The number of hydrogen-bond donors (Lipinski definition) is 0. The van der Waals surface area contributed by atoms with Crippen LogP contribution in [0.3, 0.4) is 0 Å². The molecule has 2 aromatic carbocycles. The molecule has 0 bridgehead atoms. The Hall–Kier alpha value is -3.27. The largest absolute Gasteiger partial charge is 0.416 e. The molecule has 0 spiro atoms. The monoisotopic (exact) mass is 453 g/mol. The van der Waals surface area contributed by atoms with E-state index in [2.05, 4.69) is 114 Å². The molecule has 0 amide bonds. The van der Waals surface area contributed by atoms with E-state index in [1.165, 1.54) is 22.3 Å². The fraction of sp³-hybridized carbons (Fsp3) is 0.367. The molecule has 1 aliphatic rings. The summed E-state index contributed by atoms with van der Waals surface area (Å²) >= 11 is 0. The first-order chi connectivity index (χ1) is 15.9. The fourth-order valence-corrected chi connectivity index (χ4v) is 4.18. The van der Waals surface area contributed by atoms with Gasteiger partial charge in [0.1, 0.15) is 0 Å². The highest BCUT2D eigenvalue weighted by Gasteiger charge is 2.39. The molecule has 4 rings (SSSR count). The SMILES string of the molecule is C\C1=C/C=C\C=N\C(C)(C)C(C)(C)c2ccc(-c3nnc(-c4ccc(C(C)(C)C)cc4)o3)cc21. The predicted molar refractivity (Wildman–Crippen MR) is 142 cm³/mol. The number of fused-ring (bicyclic) bond motifs is 1. The minimum atomic E-state index is -0.276. The molecule has 0 saturated heterocycles. The van der Waals surface area contributed by atoms with Crippen LogP contribution in [0.5, 0.6) is 0 Å². The molecular weight excluding hydrogens is 418 g/mol. The maximum absolute atomic E-state index is 6.12. The van der Waals surface area contributed by atoms with E-state index in [0.29, 0.717) is 11.8 Å². The smallest absolute Gasteiger partial charge is 0.248 e. The Labute approximate surface area is 203 Å². The number of aliphatic imine (C=N–C) groups is 1. The Morgan fingerprint density at radius 2 is 1.41 bits per heavy atom. The molecule has 4 heteroatoms. The summed E-state index contributed by atoms with van der Waals surface area (Å²) in [7, 11) is 0. The lowest BCUT2D eigenvalue weighted by molar-refractivity contribution is 0.310. The maximum atomic E-state index is 6.12. The molecule has 2 heterocycles. The van der Waals surface area contributed by atoms with Crippen LogP contribution in [0.4, 0.5) is 0 Å². The van der Waals surface area contributed by atoms with E-state index in [1.807, 2.05) is 18.4 Å². The third-order valence-corrected chi connectivity index (χ3v) is 7.26. The minimum Gasteiger partial charge on any atom is -0.416 e. The van der Waals surface area contributed by atoms with Gasteiger partial charge in [-0.05, 0) is 78.8 Å². The number of hydrogen-bond acceptors (Lipinski definition) is 4. The lowest BCUT2D eigenvalue weighted by atomic mass is 9.67. The molecule has 0 unspecified atom stereocenters. The van der Waals surface area contributed by atoms with E-state index < -0.39 is 0 Å². The fourth-order valence-electron chi connectivity index (χ4n) is 4.18. The molecule has 4 nitrogen and oxygen atoms in total. The van der Waals surface area contributed by atoms with E-state index >= 15 is 0 Å². The molecule has 0 aliphatic carbocycles. The van der Waals surface area contributed by atoms with E-state index in [9.17, 15) is 0 Å². The van der Waals surface area contributed by atoms with Gasteiger partial charge in [0.15, 0.2) is 0 Å². The van der Waals surface area contributed by atoms with Gasteiger partial charge in [0.2, 0.25) is 11.8 Å². The number of aromatic nitrogens is 2. The van der Waals surface area contributed by atoms with Gasteiger partial charge in [-0.1, -0.05) is 65.0 Å². The summed E-state index contributed by atoms with van der Waals surface area (Å²) < 4.78 is 6.12. The van der Waals surface area contributed by atoms with Crippen molar-refractivity contribution in [3.8, 4) is 22.9 Å². The summed E-state index contributed by atoms with van der Waals surface area (Å²) in [5.74, 6) is 1.05. The first-order valence-corrected chi connectivity index (χ1v) is 11.9. The first-order valence-electron chi connectivity index (χ1n) is 11.9. The average molecular weight is 454 g/mol. The van der Waals surface area contributed by atoms with Crippen LogP contribution in [0.25, 0.3) is 28.5 Å². The topological polar surface area (TPSA) is 51.3 Å². The van der Waals surface area contributed by atoms with Crippen molar-refractivity contribution in [3.63, 3.8) is 0 Å². The molecule has 0 fully saturated rings. The second-order valence-electron chi connectivity index (χ2n) is 11.2. The van der Waals surface area contributed by atoms with Gasteiger partial charge in [-0.2, -0.15) is 0 Å². The van der Waals surface area contributed by atoms with E-state index in [-0.39, 0.29) is 16.4 Å². The second-order valence-corrected chi connectivity index (χ2v) is 11.2. The minimum absolute atomic E-state index is 0.103. The standard InChI is InChI=1S/C30H35N3O/c1-20-11-9-10-18-31-30(7,8)29(5,6)25-17-14-22(19-24(20)25)27-33-32-26(34-27)21-12-15-23(16-13-21)28(2,3)4/h9-19H,1-8H3/b10-9-,20-11+,31-18+. The average Bonchev–Trinajstić information content (AvgIpc) is 3.27.